The molecule has 0 aliphatic heterocycles. The Kier molecular flexibility index (Phi) is 8.10. The zero-order valence-corrected chi connectivity index (χ0v) is 21.1. The average molecular weight is 624 g/mol. The molecule has 0 aliphatic carbocycles. The molecular formula is C24H16Br4. The number of rotatable bonds is 2. The molecule has 28 heavy (non-hydrogen) atoms. The third kappa shape index (κ3) is 6.41. The maximum Gasteiger partial charge on any atom is 0.0181 e. The molecule has 4 aromatic rings. The molecule has 0 nitrogen and oxygen atoms in total. The molecule has 0 fully saturated rings. The Bertz CT molecular complexity index is 899. The van der Waals surface area contributed by atoms with Gasteiger partial charge >= 0.3 is 0 Å². The fraction of sp³-hybridized carbons (Fsp3) is 0. The van der Waals surface area contributed by atoms with Crippen LogP contribution < -0.4 is 0 Å². The van der Waals surface area contributed by atoms with Gasteiger partial charge in [0.05, 0.1) is 0 Å². The van der Waals surface area contributed by atoms with Gasteiger partial charge in [0.1, 0.15) is 0 Å². The minimum absolute atomic E-state index is 1.11. The van der Waals surface area contributed by atoms with E-state index >= 15 is 0 Å². The van der Waals surface area contributed by atoms with Crippen LogP contribution in [0.2, 0.25) is 0 Å². The minimum Gasteiger partial charge on any atom is -0.0605 e. The third-order valence-corrected chi connectivity index (χ3v) is 5.94. The van der Waals surface area contributed by atoms with E-state index in [1.165, 1.54) is 22.3 Å². The molecule has 0 aliphatic rings. The molecule has 0 saturated heterocycles. The standard InChI is InChI=1S/2C12H8Br2/c2*13-11-5-1-3-9(7-11)10-4-2-6-12(14)8-10/h2*1-8H. The highest BCUT2D eigenvalue weighted by atomic mass is 79.9. The minimum atomic E-state index is 1.11. The van der Waals surface area contributed by atoms with Crippen LogP contribution in [-0.4, -0.2) is 0 Å². The Morgan fingerprint density at radius 2 is 0.536 bits per heavy atom. The van der Waals surface area contributed by atoms with E-state index in [0.29, 0.717) is 0 Å². The second kappa shape index (κ2) is 10.5. The van der Waals surface area contributed by atoms with Gasteiger partial charge in [-0.2, -0.15) is 0 Å². The van der Waals surface area contributed by atoms with Crippen LogP contribution in [0.25, 0.3) is 22.3 Å². The number of halogens is 4. The van der Waals surface area contributed by atoms with E-state index in [0.717, 1.165) is 17.9 Å². The van der Waals surface area contributed by atoms with Crippen molar-refractivity contribution in [2.24, 2.45) is 0 Å². The Hall–Kier alpha value is -1.20. The molecule has 0 unspecified atom stereocenters. The Labute approximate surface area is 199 Å². The summed E-state index contributed by atoms with van der Waals surface area (Å²) in [5.74, 6) is 0. The van der Waals surface area contributed by atoms with Crippen molar-refractivity contribution in [3.05, 3.63) is 115 Å². The van der Waals surface area contributed by atoms with Gasteiger partial charge in [-0.15, -0.1) is 0 Å². The highest BCUT2D eigenvalue weighted by molar-refractivity contribution is 9.11. The quantitative estimate of drug-likeness (QED) is 0.209. The second-order valence-corrected chi connectivity index (χ2v) is 9.70. The largest absolute Gasteiger partial charge is 0.0605 e. The molecule has 0 atom stereocenters. The zero-order chi connectivity index (χ0) is 19.9. The summed E-state index contributed by atoms with van der Waals surface area (Å²) in [4.78, 5) is 0. The van der Waals surface area contributed by atoms with Gasteiger partial charge in [0.25, 0.3) is 0 Å². The normalized spacial score (nSPS) is 10.1. The lowest BCUT2D eigenvalue weighted by molar-refractivity contribution is 1.57. The fourth-order valence-corrected chi connectivity index (χ4v) is 4.27. The predicted molar refractivity (Wildman–Crippen MR) is 135 cm³/mol. The Morgan fingerprint density at radius 1 is 0.321 bits per heavy atom. The highest BCUT2D eigenvalue weighted by Crippen LogP contribution is 2.26. The molecular weight excluding hydrogens is 608 g/mol. The van der Waals surface area contributed by atoms with Gasteiger partial charge in [-0.1, -0.05) is 112 Å². The summed E-state index contributed by atoms with van der Waals surface area (Å²) in [6.45, 7) is 0. The first kappa shape index (κ1) is 21.5. The topological polar surface area (TPSA) is 0 Å². The van der Waals surface area contributed by atoms with E-state index in [9.17, 15) is 0 Å². The number of hydrogen-bond acceptors (Lipinski definition) is 0. The van der Waals surface area contributed by atoms with Crippen molar-refractivity contribution in [3.8, 4) is 22.3 Å². The molecule has 0 aromatic heterocycles. The first-order valence-corrected chi connectivity index (χ1v) is 11.7. The van der Waals surface area contributed by atoms with Gasteiger partial charge in [0, 0.05) is 17.9 Å². The lowest BCUT2D eigenvalue weighted by atomic mass is 10.1. The molecule has 0 heterocycles. The van der Waals surface area contributed by atoms with Crippen LogP contribution in [0.1, 0.15) is 0 Å². The van der Waals surface area contributed by atoms with Crippen LogP contribution in [0.3, 0.4) is 0 Å². The second-order valence-electron chi connectivity index (χ2n) is 6.04. The van der Waals surface area contributed by atoms with Crippen LogP contribution in [0.5, 0.6) is 0 Å². The van der Waals surface area contributed by atoms with Gasteiger partial charge in [-0.25, -0.2) is 0 Å². The summed E-state index contributed by atoms with van der Waals surface area (Å²) < 4.78 is 4.43. The molecule has 0 spiro atoms. The van der Waals surface area contributed by atoms with E-state index in [1.807, 2.05) is 48.5 Å². The van der Waals surface area contributed by atoms with E-state index in [2.05, 4.69) is 112 Å². The number of hydrogen-bond donors (Lipinski definition) is 0. The summed E-state index contributed by atoms with van der Waals surface area (Å²) in [7, 11) is 0. The van der Waals surface area contributed by atoms with Crippen LogP contribution in [0.15, 0.2) is 115 Å². The predicted octanol–water partition coefficient (Wildman–Crippen LogP) is 9.76. The van der Waals surface area contributed by atoms with Gasteiger partial charge in [-0.3, -0.25) is 0 Å². The zero-order valence-electron chi connectivity index (χ0n) is 14.7. The summed E-state index contributed by atoms with van der Waals surface area (Å²) in [6, 6.07) is 33.2. The SMILES string of the molecule is Brc1cccc(-c2cccc(Br)c2)c1.Brc1cccc(-c2cccc(Br)c2)c1. The van der Waals surface area contributed by atoms with Crippen molar-refractivity contribution in [2.45, 2.75) is 0 Å². The lowest BCUT2D eigenvalue weighted by Gasteiger charge is -2.02. The van der Waals surface area contributed by atoms with E-state index in [4.69, 9.17) is 0 Å². The van der Waals surface area contributed by atoms with E-state index in [1.54, 1.807) is 0 Å². The van der Waals surface area contributed by atoms with Crippen LogP contribution in [0.4, 0.5) is 0 Å². The first-order chi connectivity index (χ1) is 13.5. The van der Waals surface area contributed by atoms with Gasteiger partial charge < -0.3 is 0 Å². The molecule has 0 saturated carbocycles. The molecule has 0 N–H and O–H groups in total. The van der Waals surface area contributed by atoms with Crippen LogP contribution in [-0.2, 0) is 0 Å². The smallest absolute Gasteiger partial charge is 0.0181 e. The van der Waals surface area contributed by atoms with Crippen LogP contribution >= 0.6 is 63.7 Å². The van der Waals surface area contributed by atoms with E-state index < -0.39 is 0 Å². The summed E-state index contributed by atoms with van der Waals surface area (Å²) in [5, 5.41) is 0. The Balaban J connectivity index is 0.000000161. The van der Waals surface area contributed by atoms with Crippen molar-refractivity contribution >= 4 is 63.7 Å². The van der Waals surface area contributed by atoms with Crippen molar-refractivity contribution < 1.29 is 0 Å². The Morgan fingerprint density at radius 3 is 0.714 bits per heavy atom. The molecule has 4 rings (SSSR count). The van der Waals surface area contributed by atoms with Crippen molar-refractivity contribution in [1.82, 2.24) is 0 Å². The van der Waals surface area contributed by atoms with Crippen molar-refractivity contribution in [1.29, 1.82) is 0 Å². The third-order valence-electron chi connectivity index (χ3n) is 3.97. The summed E-state index contributed by atoms with van der Waals surface area (Å²) >= 11 is 13.9. The summed E-state index contributed by atoms with van der Waals surface area (Å²) in [6.07, 6.45) is 0. The van der Waals surface area contributed by atoms with E-state index in [-0.39, 0.29) is 0 Å². The molecule has 0 amide bonds. The average Bonchev–Trinajstić information content (AvgIpc) is 2.69. The monoisotopic (exact) mass is 620 g/mol. The fourth-order valence-electron chi connectivity index (χ4n) is 2.67. The molecule has 0 bridgehead atoms. The molecule has 4 heteroatoms. The van der Waals surface area contributed by atoms with Gasteiger partial charge in [-0.05, 0) is 70.8 Å². The van der Waals surface area contributed by atoms with Crippen molar-refractivity contribution in [3.63, 3.8) is 0 Å². The summed E-state index contributed by atoms with van der Waals surface area (Å²) in [5.41, 5.74) is 4.89. The number of benzene rings is 4. The van der Waals surface area contributed by atoms with Crippen LogP contribution in [0, 0.1) is 0 Å². The molecule has 4 aromatic carbocycles. The maximum atomic E-state index is 3.47. The first-order valence-electron chi connectivity index (χ1n) is 8.54. The lowest BCUT2D eigenvalue weighted by Crippen LogP contribution is -1.77. The highest BCUT2D eigenvalue weighted by Gasteiger charge is 1.99. The maximum absolute atomic E-state index is 3.47. The molecule has 140 valence electrons. The van der Waals surface area contributed by atoms with Crippen molar-refractivity contribution in [2.75, 3.05) is 0 Å². The van der Waals surface area contributed by atoms with Gasteiger partial charge in [0.2, 0.25) is 0 Å². The molecule has 0 radical (unpaired) electrons. The van der Waals surface area contributed by atoms with Gasteiger partial charge in [0.15, 0.2) is 0 Å².